The first-order valence-electron chi connectivity index (χ1n) is 12.4. The average molecular weight is 580 g/mol. The summed E-state index contributed by atoms with van der Waals surface area (Å²) < 4.78 is 9.72. The summed E-state index contributed by atoms with van der Waals surface area (Å²) in [5.74, 6) is -1.74. The number of amides is 2. The Morgan fingerprint density at radius 1 is 0.925 bits per heavy atom. The van der Waals surface area contributed by atoms with Crippen LogP contribution in [0.3, 0.4) is 0 Å². The van der Waals surface area contributed by atoms with Crippen LogP contribution < -0.4 is 10.2 Å². The first-order chi connectivity index (χ1) is 19.2. The quantitative estimate of drug-likeness (QED) is 0.284. The van der Waals surface area contributed by atoms with Gasteiger partial charge in [-0.1, -0.05) is 23.7 Å². The number of methoxy groups -OCH3 is 1. The van der Waals surface area contributed by atoms with E-state index in [4.69, 9.17) is 33.3 Å². The van der Waals surface area contributed by atoms with Gasteiger partial charge in [0.05, 0.1) is 37.0 Å². The summed E-state index contributed by atoms with van der Waals surface area (Å²) in [6, 6.07) is 18.8. The first-order valence-corrected chi connectivity index (χ1v) is 13.1. The third-order valence-electron chi connectivity index (χ3n) is 6.19. The Hall–Kier alpha value is -4.28. The molecule has 11 heteroatoms. The Kier molecular flexibility index (Phi) is 9.13. The number of carbonyl (C=O) groups is 4. The summed E-state index contributed by atoms with van der Waals surface area (Å²) in [6.45, 7) is 2.23. The zero-order valence-electron chi connectivity index (χ0n) is 21.8. The maximum absolute atomic E-state index is 13.7. The van der Waals surface area contributed by atoms with E-state index < -0.39 is 23.9 Å². The summed E-state index contributed by atoms with van der Waals surface area (Å²) in [7, 11) is 1.29. The van der Waals surface area contributed by atoms with Crippen LogP contribution in [-0.4, -0.2) is 53.5 Å². The molecule has 1 atom stereocenters. The van der Waals surface area contributed by atoms with Gasteiger partial charge in [0, 0.05) is 17.3 Å². The molecule has 206 valence electrons. The van der Waals surface area contributed by atoms with Gasteiger partial charge < -0.3 is 19.7 Å². The number of hydrogen-bond acceptors (Lipinski definition) is 7. The highest BCUT2D eigenvalue weighted by Crippen LogP contribution is 2.29. The molecule has 1 aliphatic heterocycles. The van der Waals surface area contributed by atoms with Gasteiger partial charge in [-0.2, -0.15) is 0 Å². The van der Waals surface area contributed by atoms with Crippen molar-refractivity contribution in [2.75, 3.05) is 23.9 Å². The minimum atomic E-state index is -0.887. The van der Waals surface area contributed by atoms with Gasteiger partial charge in [-0.3, -0.25) is 14.5 Å². The number of thiocarbonyl (C=S) groups is 1. The van der Waals surface area contributed by atoms with Crippen LogP contribution in [0.5, 0.6) is 0 Å². The summed E-state index contributed by atoms with van der Waals surface area (Å²) in [5, 5.41) is 3.56. The minimum absolute atomic E-state index is 0.178. The van der Waals surface area contributed by atoms with Crippen molar-refractivity contribution in [3.8, 4) is 0 Å². The Balaban J connectivity index is 1.56. The van der Waals surface area contributed by atoms with Crippen LogP contribution in [-0.2, 0) is 25.6 Å². The van der Waals surface area contributed by atoms with Gasteiger partial charge in [0.15, 0.2) is 5.11 Å². The van der Waals surface area contributed by atoms with E-state index in [1.165, 1.54) is 24.1 Å². The SMILES string of the molecule is CCOC(=O)c1ccc(N2C(=O)C(CC(=O)Nc3ccc(C(=O)OC)cc3)N(Cc3ccc(Cl)cc3)C2=S)cc1. The second-order valence-corrected chi connectivity index (χ2v) is 9.62. The number of halogens is 1. The predicted molar refractivity (Wildman–Crippen MR) is 154 cm³/mol. The Morgan fingerprint density at radius 2 is 1.52 bits per heavy atom. The van der Waals surface area contributed by atoms with Crippen LogP contribution in [0, 0.1) is 0 Å². The smallest absolute Gasteiger partial charge is 0.338 e. The fourth-order valence-corrected chi connectivity index (χ4v) is 4.71. The standard InChI is InChI=1S/C29H26ClN3O6S/c1-3-39-28(37)20-8-14-23(15-9-20)33-26(35)24(32(29(33)40)17-18-4-10-21(30)11-5-18)16-25(34)31-22-12-6-19(7-13-22)27(36)38-2/h4-15,24H,3,16-17H2,1-2H3,(H,31,34). The monoisotopic (exact) mass is 579 g/mol. The van der Waals surface area contributed by atoms with E-state index in [0.717, 1.165) is 5.56 Å². The van der Waals surface area contributed by atoms with Crippen LogP contribution in [0.15, 0.2) is 72.8 Å². The molecule has 0 radical (unpaired) electrons. The number of carbonyl (C=O) groups excluding carboxylic acids is 4. The number of benzene rings is 3. The Morgan fingerprint density at radius 3 is 2.12 bits per heavy atom. The number of esters is 2. The second kappa shape index (κ2) is 12.7. The van der Waals surface area contributed by atoms with E-state index in [1.807, 2.05) is 12.1 Å². The number of rotatable bonds is 9. The van der Waals surface area contributed by atoms with E-state index in [2.05, 4.69) is 5.32 Å². The molecule has 0 aromatic heterocycles. The predicted octanol–water partition coefficient (Wildman–Crippen LogP) is 4.83. The molecule has 1 aliphatic rings. The van der Waals surface area contributed by atoms with Gasteiger partial charge in [-0.05, 0) is 85.4 Å². The maximum atomic E-state index is 13.7. The topological polar surface area (TPSA) is 105 Å². The van der Waals surface area contributed by atoms with E-state index >= 15 is 0 Å². The molecule has 1 heterocycles. The lowest BCUT2D eigenvalue weighted by molar-refractivity contribution is -0.124. The third kappa shape index (κ3) is 6.47. The van der Waals surface area contributed by atoms with Crippen molar-refractivity contribution in [1.82, 2.24) is 4.90 Å². The van der Waals surface area contributed by atoms with Gasteiger partial charge >= 0.3 is 11.9 Å². The highest BCUT2D eigenvalue weighted by Gasteiger charge is 2.44. The lowest BCUT2D eigenvalue weighted by Gasteiger charge is -2.24. The van der Waals surface area contributed by atoms with E-state index in [1.54, 1.807) is 60.4 Å². The number of anilines is 2. The van der Waals surface area contributed by atoms with Crippen LogP contribution >= 0.6 is 23.8 Å². The van der Waals surface area contributed by atoms with E-state index in [0.29, 0.717) is 27.5 Å². The summed E-state index contributed by atoms with van der Waals surface area (Å²) >= 11 is 11.8. The van der Waals surface area contributed by atoms with Gasteiger partial charge in [-0.15, -0.1) is 0 Å². The normalized spacial score (nSPS) is 14.7. The van der Waals surface area contributed by atoms with Crippen LogP contribution in [0.1, 0.15) is 39.6 Å². The highest BCUT2D eigenvalue weighted by atomic mass is 35.5. The summed E-state index contributed by atoms with van der Waals surface area (Å²) in [4.78, 5) is 53.5. The lowest BCUT2D eigenvalue weighted by atomic mass is 10.1. The number of ether oxygens (including phenoxy) is 2. The van der Waals surface area contributed by atoms with Crippen molar-refractivity contribution >= 4 is 64.1 Å². The average Bonchev–Trinajstić information content (AvgIpc) is 3.18. The van der Waals surface area contributed by atoms with Crippen LogP contribution in [0.4, 0.5) is 11.4 Å². The van der Waals surface area contributed by atoms with E-state index in [9.17, 15) is 19.2 Å². The van der Waals surface area contributed by atoms with Crippen molar-refractivity contribution in [3.05, 3.63) is 94.5 Å². The molecule has 2 amide bonds. The molecule has 0 aliphatic carbocycles. The molecular formula is C29H26ClN3O6S. The van der Waals surface area contributed by atoms with Gasteiger partial charge in [-0.25, -0.2) is 9.59 Å². The van der Waals surface area contributed by atoms with E-state index in [-0.39, 0.29) is 30.6 Å². The molecule has 1 saturated heterocycles. The molecule has 3 aromatic carbocycles. The number of nitrogens with zero attached hydrogens (tertiary/aromatic N) is 2. The lowest BCUT2D eigenvalue weighted by Crippen LogP contribution is -2.37. The molecular weight excluding hydrogens is 554 g/mol. The molecule has 0 spiro atoms. The summed E-state index contributed by atoms with van der Waals surface area (Å²) in [6.07, 6.45) is -0.178. The molecule has 0 bridgehead atoms. The van der Waals surface area contributed by atoms with Crippen molar-refractivity contribution in [2.24, 2.45) is 0 Å². The zero-order valence-corrected chi connectivity index (χ0v) is 23.3. The van der Waals surface area contributed by atoms with Gasteiger partial charge in [0.1, 0.15) is 6.04 Å². The van der Waals surface area contributed by atoms with Crippen molar-refractivity contribution in [1.29, 1.82) is 0 Å². The largest absolute Gasteiger partial charge is 0.465 e. The molecule has 3 aromatic rings. The molecule has 4 rings (SSSR count). The van der Waals surface area contributed by atoms with Crippen LogP contribution in [0.25, 0.3) is 0 Å². The van der Waals surface area contributed by atoms with Crippen molar-refractivity contribution in [3.63, 3.8) is 0 Å². The fourth-order valence-electron chi connectivity index (χ4n) is 4.19. The molecule has 0 saturated carbocycles. The maximum Gasteiger partial charge on any atom is 0.338 e. The first kappa shape index (κ1) is 28.7. The van der Waals surface area contributed by atoms with Gasteiger partial charge in [0.25, 0.3) is 5.91 Å². The van der Waals surface area contributed by atoms with Gasteiger partial charge in [0.2, 0.25) is 5.91 Å². The second-order valence-electron chi connectivity index (χ2n) is 8.81. The molecule has 1 unspecified atom stereocenters. The number of hydrogen-bond donors (Lipinski definition) is 1. The fraction of sp³-hybridized carbons (Fsp3) is 0.207. The minimum Gasteiger partial charge on any atom is -0.465 e. The van der Waals surface area contributed by atoms with Crippen molar-refractivity contribution < 1.29 is 28.7 Å². The highest BCUT2D eigenvalue weighted by molar-refractivity contribution is 7.80. The Labute approximate surface area is 241 Å². The number of nitrogens with one attached hydrogen (secondary N) is 1. The molecule has 9 nitrogen and oxygen atoms in total. The van der Waals surface area contributed by atoms with Crippen LogP contribution in [0.2, 0.25) is 5.02 Å². The summed E-state index contributed by atoms with van der Waals surface area (Å²) in [5.41, 5.74) is 2.46. The Bertz CT molecular complexity index is 1430. The molecule has 1 fully saturated rings. The molecule has 1 N–H and O–H groups in total. The third-order valence-corrected chi connectivity index (χ3v) is 6.86. The van der Waals surface area contributed by atoms with Crippen molar-refractivity contribution in [2.45, 2.75) is 25.9 Å². The molecule has 40 heavy (non-hydrogen) atoms. The zero-order chi connectivity index (χ0) is 28.8.